The van der Waals surface area contributed by atoms with Gasteiger partial charge in [0.15, 0.2) is 5.16 Å². The number of hydrogen-bond acceptors (Lipinski definition) is 4. The number of fused-ring (bicyclic) bond motifs is 1. The maximum Gasteiger partial charge on any atom is 0.187 e. The summed E-state index contributed by atoms with van der Waals surface area (Å²) in [7, 11) is 0. The Morgan fingerprint density at radius 3 is 2.77 bits per heavy atom. The highest BCUT2D eigenvalue weighted by Gasteiger charge is 2.27. The SMILES string of the molecule is CCCc1c(C)nc(SC)nc1CC1CC(C)Cc2ccc(SF)cc21. The molecule has 0 saturated heterocycles. The normalized spacial score (nSPS) is 19.4. The second-order valence-corrected chi connectivity index (χ2v) is 8.75. The van der Waals surface area contributed by atoms with Gasteiger partial charge in [-0.1, -0.05) is 38.1 Å². The third kappa shape index (κ3) is 4.25. The van der Waals surface area contributed by atoms with E-state index in [-0.39, 0.29) is 0 Å². The Hall–Kier alpha value is -1.07. The summed E-state index contributed by atoms with van der Waals surface area (Å²) in [5.41, 5.74) is 6.29. The monoisotopic (exact) mass is 390 g/mol. The predicted octanol–water partition coefficient (Wildman–Crippen LogP) is 6.34. The molecule has 0 saturated carbocycles. The quantitative estimate of drug-likeness (QED) is 0.424. The minimum absolute atomic E-state index is 0.342. The summed E-state index contributed by atoms with van der Waals surface area (Å²) < 4.78 is 13.1. The second-order valence-electron chi connectivity index (χ2n) is 7.35. The smallest absolute Gasteiger partial charge is 0.187 e. The van der Waals surface area contributed by atoms with Gasteiger partial charge in [-0.3, -0.25) is 0 Å². The van der Waals surface area contributed by atoms with Crippen LogP contribution in [0.25, 0.3) is 0 Å². The molecule has 2 atom stereocenters. The van der Waals surface area contributed by atoms with Gasteiger partial charge in [0.05, 0.1) is 12.1 Å². The number of halogens is 1. The highest BCUT2D eigenvalue weighted by Crippen LogP contribution is 2.39. The number of benzene rings is 1. The molecule has 0 fully saturated rings. The average Bonchev–Trinajstić information content (AvgIpc) is 2.63. The van der Waals surface area contributed by atoms with Crippen molar-refractivity contribution in [2.24, 2.45) is 5.92 Å². The van der Waals surface area contributed by atoms with Gasteiger partial charge in [0, 0.05) is 16.3 Å². The summed E-state index contributed by atoms with van der Waals surface area (Å²) in [6.07, 6.45) is 7.28. The van der Waals surface area contributed by atoms with E-state index >= 15 is 0 Å². The number of nitrogens with zero attached hydrogens (tertiary/aromatic N) is 2. The molecule has 2 aromatic rings. The topological polar surface area (TPSA) is 25.8 Å². The molecule has 0 amide bonds. The van der Waals surface area contributed by atoms with Crippen molar-refractivity contribution in [1.29, 1.82) is 0 Å². The van der Waals surface area contributed by atoms with E-state index in [0.29, 0.717) is 28.9 Å². The van der Waals surface area contributed by atoms with Gasteiger partial charge in [-0.2, -0.15) is 3.89 Å². The third-order valence-corrected chi connectivity index (χ3v) is 6.28. The van der Waals surface area contributed by atoms with Gasteiger partial charge in [-0.15, -0.1) is 0 Å². The maximum absolute atomic E-state index is 13.1. The lowest BCUT2D eigenvalue weighted by atomic mass is 9.75. The molecule has 140 valence electrons. The molecule has 1 aliphatic rings. The largest absolute Gasteiger partial charge is 0.228 e. The van der Waals surface area contributed by atoms with Crippen LogP contribution in [-0.2, 0) is 19.3 Å². The second kappa shape index (κ2) is 8.75. The molecular weight excluding hydrogens is 363 g/mol. The maximum atomic E-state index is 13.1. The van der Waals surface area contributed by atoms with E-state index in [2.05, 4.69) is 37.9 Å². The van der Waals surface area contributed by atoms with Crippen molar-refractivity contribution >= 4 is 23.9 Å². The molecule has 26 heavy (non-hydrogen) atoms. The first-order valence-corrected chi connectivity index (χ1v) is 11.3. The minimum Gasteiger partial charge on any atom is -0.228 e. The van der Waals surface area contributed by atoms with Crippen LogP contribution in [0, 0.1) is 12.8 Å². The van der Waals surface area contributed by atoms with Crippen molar-refractivity contribution in [1.82, 2.24) is 9.97 Å². The van der Waals surface area contributed by atoms with E-state index in [1.54, 1.807) is 11.8 Å². The Balaban J connectivity index is 2.00. The molecule has 0 radical (unpaired) electrons. The molecule has 2 unspecified atom stereocenters. The van der Waals surface area contributed by atoms with Crippen LogP contribution < -0.4 is 0 Å². The fourth-order valence-electron chi connectivity index (χ4n) is 4.15. The third-order valence-electron chi connectivity index (χ3n) is 5.30. The summed E-state index contributed by atoms with van der Waals surface area (Å²) in [4.78, 5) is 10.2. The van der Waals surface area contributed by atoms with E-state index in [9.17, 15) is 3.89 Å². The van der Waals surface area contributed by atoms with Crippen molar-refractivity contribution in [3.8, 4) is 0 Å². The number of rotatable bonds is 6. The van der Waals surface area contributed by atoms with Crippen LogP contribution in [0.2, 0.25) is 0 Å². The minimum atomic E-state index is 0.342. The summed E-state index contributed by atoms with van der Waals surface area (Å²) >= 11 is 1.94. The van der Waals surface area contributed by atoms with Gasteiger partial charge in [0.1, 0.15) is 0 Å². The molecule has 1 aromatic carbocycles. The molecular formula is C21H27FN2S2. The lowest BCUT2D eigenvalue weighted by molar-refractivity contribution is 0.425. The van der Waals surface area contributed by atoms with Crippen LogP contribution in [0.3, 0.4) is 0 Å². The molecule has 2 nitrogen and oxygen atoms in total. The molecule has 0 spiro atoms. The zero-order chi connectivity index (χ0) is 18.7. The van der Waals surface area contributed by atoms with Crippen LogP contribution >= 0.6 is 23.9 Å². The van der Waals surface area contributed by atoms with E-state index in [1.807, 2.05) is 12.3 Å². The fraction of sp³-hybridized carbons (Fsp3) is 0.524. The lowest BCUT2D eigenvalue weighted by Crippen LogP contribution is -2.20. The number of hydrogen-bond donors (Lipinski definition) is 0. The Morgan fingerprint density at radius 2 is 2.08 bits per heavy atom. The summed E-state index contributed by atoms with van der Waals surface area (Å²) in [5, 5.41) is 0.856. The van der Waals surface area contributed by atoms with E-state index in [4.69, 9.17) is 4.98 Å². The van der Waals surface area contributed by atoms with Gasteiger partial charge < -0.3 is 0 Å². The summed E-state index contributed by atoms with van der Waals surface area (Å²) in [5.74, 6) is 1.05. The van der Waals surface area contributed by atoms with Gasteiger partial charge in [-0.25, -0.2) is 9.97 Å². The van der Waals surface area contributed by atoms with E-state index in [1.165, 1.54) is 22.4 Å². The Kier molecular flexibility index (Phi) is 6.62. The lowest BCUT2D eigenvalue weighted by Gasteiger charge is -2.30. The Labute approximate surface area is 165 Å². The van der Waals surface area contributed by atoms with Gasteiger partial charge >= 0.3 is 0 Å². The van der Waals surface area contributed by atoms with Gasteiger partial charge in [-0.05, 0) is 79.5 Å². The molecule has 1 aromatic heterocycles. The fourth-order valence-corrected chi connectivity index (χ4v) is 4.87. The standard InChI is InChI=1S/C21H27FN2S2/c1-5-6-18-14(3)23-21(25-4)24-20(18)11-16-10-13(2)9-15-7-8-17(26-22)12-19(15)16/h7-8,12-13,16H,5-6,9-11H2,1-4H3. The first-order valence-electron chi connectivity index (χ1n) is 9.37. The van der Waals surface area contributed by atoms with Crippen LogP contribution in [-0.4, -0.2) is 16.2 Å². The van der Waals surface area contributed by atoms with Crippen LogP contribution in [0.4, 0.5) is 3.89 Å². The van der Waals surface area contributed by atoms with Crippen LogP contribution in [0.15, 0.2) is 28.3 Å². The summed E-state index contributed by atoms with van der Waals surface area (Å²) in [6.45, 7) is 6.62. The van der Waals surface area contributed by atoms with Crippen LogP contribution in [0.1, 0.15) is 60.7 Å². The highest BCUT2D eigenvalue weighted by molar-refractivity contribution is 7.98. The molecule has 5 heteroatoms. The molecule has 0 N–H and O–H groups in total. The zero-order valence-corrected chi connectivity index (χ0v) is 17.6. The molecule has 3 rings (SSSR count). The van der Waals surface area contributed by atoms with Crippen molar-refractivity contribution in [2.75, 3.05) is 6.26 Å². The molecule has 0 bridgehead atoms. The highest BCUT2D eigenvalue weighted by atomic mass is 32.2. The first-order chi connectivity index (χ1) is 12.5. The van der Waals surface area contributed by atoms with E-state index < -0.39 is 0 Å². The van der Waals surface area contributed by atoms with Gasteiger partial charge in [0.25, 0.3) is 0 Å². The van der Waals surface area contributed by atoms with E-state index in [0.717, 1.165) is 43.0 Å². The van der Waals surface area contributed by atoms with Crippen molar-refractivity contribution < 1.29 is 3.89 Å². The van der Waals surface area contributed by atoms with Crippen molar-refractivity contribution in [3.05, 3.63) is 46.3 Å². The average molecular weight is 391 g/mol. The zero-order valence-electron chi connectivity index (χ0n) is 16.0. The number of thioether (sulfide) groups is 1. The predicted molar refractivity (Wildman–Crippen MR) is 110 cm³/mol. The number of aromatic nitrogens is 2. The number of aryl methyl sites for hydroxylation is 1. The Morgan fingerprint density at radius 1 is 1.27 bits per heavy atom. The molecule has 1 aliphatic carbocycles. The summed E-state index contributed by atoms with van der Waals surface area (Å²) in [6, 6.07) is 6.08. The van der Waals surface area contributed by atoms with Crippen LogP contribution in [0.5, 0.6) is 0 Å². The van der Waals surface area contributed by atoms with Crippen molar-refractivity contribution in [3.63, 3.8) is 0 Å². The molecule has 1 heterocycles. The Bertz CT molecular complexity index is 779. The van der Waals surface area contributed by atoms with Gasteiger partial charge in [0.2, 0.25) is 0 Å². The first kappa shape index (κ1) is 19.7. The van der Waals surface area contributed by atoms with Crippen molar-refractivity contribution in [2.45, 2.75) is 68.8 Å². The molecule has 0 aliphatic heterocycles.